The van der Waals surface area contributed by atoms with Crippen LogP contribution in [0.5, 0.6) is 5.75 Å². The molecule has 0 amide bonds. The van der Waals surface area contributed by atoms with E-state index in [1.807, 2.05) is 18.2 Å². The van der Waals surface area contributed by atoms with Crippen molar-refractivity contribution in [1.29, 1.82) is 0 Å². The molecule has 3 heterocycles. The van der Waals surface area contributed by atoms with Gasteiger partial charge < -0.3 is 10.1 Å². The first-order valence-electron chi connectivity index (χ1n) is 9.54. The van der Waals surface area contributed by atoms with Gasteiger partial charge in [-0.15, -0.1) is 0 Å². The van der Waals surface area contributed by atoms with Gasteiger partial charge in [0.05, 0.1) is 6.61 Å². The maximum absolute atomic E-state index is 12.7. The molecule has 1 fully saturated rings. The largest absolute Gasteiger partial charge is 0.493 e. The predicted molar refractivity (Wildman–Crippen MR) is 104 cm³/mol. The van der Waals surface area contributed by atoms with E-state index in [0.717, 1.165) is 38.0 Å². The molecule has 0 radical (unpaired) electrons. The summed E-state index contributed by atoms with van der Waals surface area (Å²) in [7, 11) is -3.42. The van der Waals surface area contributed by atoms with Crippen LogP contribution in [0.15, 0.2) is 47.5 Å². The van der Waals surface area contributed by atoms with Crippen molar-refractivity contribution in [2.24, 2.45) is 5.92 Å². The first kappa shape index (κ1) is 18.3. The van der Waals surface area contributed by atoms with E-state index in [4.69, 9.17) is 4.74 Å². The van der Waals surface area contributed by atoms with Crippen molar-refractivity contribution in [3.63, 3.8) is 0 Å². The average molecular weight is 388 g/mol. The van der Waals surface area contributed by atoms with Crippen molar-refractivity contribution in [3.05, 3.63) is 48.2 Å². The summed E-state index contributed by atoms with van der Waals surface area (Å²) in [5, 5.41) is 3.30. The minimum Gasteiger partial charge on any atom is -0.493 e. The third-order valence-corrected chi connectivity index (χ3v) is 7.10. The highest BCUT2D eigenvalue weighted by Gasteiger charge is 2.26. The van der Waals surface area contributed by atoms with Gasteiger partial charge in [0.1, 0.15) is 16.5 Å². The van der Waals surface area contributed by atoms with Crippen LogP contribution in [0.4, 0.5) is 5.82 Å². The summed E-state index contributed by atoms with van der Waals surface area (Å²) < 4.78 is 32.7. The zero-order valence-electron chi connectivity index (χ0n) is 15.3. The molecular weight excluding hydrogens is 362 g/mol. The molecule has 0 unspecified atom stereocenters. The molecule has 1 atom stereocenters. The Morgan fingerprint density at radius 1 is 1.11 bits per heavy atom. The average Bonchev–Trinajstić information content (AvgIpc) is 2.73. The number of ether oxygens (including phenoxy) is 1. The molecule has 1 saturated heterocycles. The smallest absolute Gasteiger partial charge is 0.244 e. The second kappa shape index (κ2) is 7.86. The van der Waals surface area contributed by atoms with E-state index < -0.39 is 10.0 Å². The second-order valence-corrected chi connectivity index (χ2v) is 9.15. The number of sulfonamides is 1. The van der Waals surface area contributed by atoms with E-state index in [0.29, 0.717) is 31.4 Å². The number of anilines is 1. The summed E-state index contributed by atoms with van der Waals surface area (Å²) in [4.78, 5) is 4.58. The number of benzene rings is 1. The van der Waals surface area contributed by atoms with Crippen molar-refractivity contribution in [3.8, 4) is 5.75 Å². The van der Waals surface area contributed by atoms with Gasteiger partial charge in [-0.25, -0.2) is 13.4 Å². The maximum atomic E-state index is 12.7. The highest BCUT2D eigenvalue weighted by Crippen LogP contribution is 2.27. The second-order valence-electron chi connectivity index (χ2n) is 7.21. The monoisotopic (exact) mass is 387 g/mol. The standard InChI is InChI=1S/C20H25N3O3S/c24-27(25,23-10-4-1-5-11-23)18-8-9-20(22-14-18)21-13-16-12-17-6-2-3-7-19(17)26-15-16/h2-3,6-9,14,16H,1,4-5,10-13,15H2,(H,21,22)/t16-/m1/s1. The van der Waals surface area contributed by atoms with E-state index in [2.05, 4.69) is 16.4 Å². The molecule has 0 saturated carbocycles. The first-order chi connectivity index (χ1) is 13.1. The summed E-state index contributed by atoms with van der Waals surface area (Å²) in [5.41, 5.74) is 1.23. The molecule has 27 heavy (non-hydrogen) atoms. The van der Waals surface area contributed by atoms with Crippen LogP contribution in [0, 0.1) is 5.92 Å². The molecule has 0 bridgehead atoms. The van der Waals surface area contributed by atoms with Gasteiger partial charge in [0.15, 0.2) is 0 Å². The molecule has 1 aromatic heterocycles. The molecule has 2 aliphatic heterocycles. The number of hydrogen-bond acceptors (Lipinski definition) is 5. The summed E-state index contributed by atoms with van der Waals surface area (Å²) in [6.07, 6.45) is 5.38. The van der Waals surface area contributed by atoms with Crippen LogP contribution in [0.2, 0.25) is 0 Å². The molecule has 2 aliphatic rings. The highest BCUT2D eigenvalue weighted by atomic mass is 32.2. The summed E-state index contributed by atoms with van der Waals surface area (Å²) in [5.74, 6) is 2.02. The van der Waals surface area contributed by atoms with E-state index in [9.17, 15) is 8.42 Å². The van der Waals surface area contributed by atoms with Gasteiger partial charge in [0.2, 0.25) is 10.0 Å². The highest BCUT2D eigenvalue weighted by molar-refractivity contribution is 7.89. The minimum absolute atomic E-state index is 0.268. The lowest BCUT2D eigenvalue weighted by atomic mass is 9.97. The molecule has 1 aromatic carbocycles. The number of fused-ring (bicyclic) bond motifs is 1. The van der Waals surface area contributed by atoms with Crippen LogP contribution in [0.1, 0.15) is 24.8 Å². The lowest BCUT2D eigenvalue weighted by Gasteiger charge is -2.26. The number of piperidine rings is 1. The lowest BCUT2D eigenvalue weighted by molar-refractivity contribution is 0.229. The number of hydrogen-bond donors (Lipinski definition) is 1. The Kier molecular flexibility index (Phi) is 5.31. The fourth-order valence-corrected chi connectivity index (χ4v) is 5.13. The van der Waals surface area contributed by atoms with Gasteiger partial charge in [-0.2, -0.15) is 4.31 Å². The Morgan fingerprint density at radius 2 is 1.93 bits per heavy atom. The lowest BCUT2D eigenvalue weighted by Crippen LogP contribution is -2.35. The van der Waals surface area contributed by atoms with Crippen LogP contribution in [0.3, 0.4) is 0 Å². The molecule has 7 heteroatoms. The fraction of sp³-hybridized carbons (Fsp3) is 0.450. The molecule has 0 spiro atoms. The minimum atomic E-state index is -3.42. The number of rotatable bonds is 5. The zero-order valence-corrected chi connectivity index (χ0v) is 16.1. The van der Waals surface area contributed by atoms with Crippen molar-refractivity contribution < 1.29 is 13.2 Å². The van der Waals surface area contributed by atoms with Crippen LogP contribution < -0.4 is 10.1 Å². The van der Waals surface area contributed by atoms with E-state index in [1.54, 1.807) is 16.4 Å². The normalized spacial score (nSPS) is 20.5. The van der Waals surface area contributed by atoms with Crippen LogP contribution in [0.25, 0.3) is 0 Å². The summed E-state index contributed by atoms with van der Waals surface area (Å²) in [6.45, 7) is 2.61. The number of nitrogens with zero attached hydrogens (tertiary/aromatic N) is 2. The van der Waals surface area contributed by atoms with Crippen LogP contribution in [-0.2, 0) is 16.4 Å². The molecule has 2 aromatic rings. The van der Waals surface area contributed by atoms with Crippen molar-refractivity contribution in [1.82, 2.24) is 9.29 Å². The maximum Gasteiger partial charge on any atom is 0.244 e. The van der Waals surface area contributed by atoms with Crippen LogP contribution >= 0.6 is 0 Å². The molecule has 1 N–H and O–H groups in total. The molecule has 6 nitrogen and oxygen atoms in total. The van der Waals surface area contributed by atoms with Crippen molar-refractivity contribution in [2.75, 3.05) is 31.6 Å². The number of nitrogens with one attached hydrogen (secondary N) is 1. The number of pyridine rings is 1. The topological polar surface area (TPSA) is 71.5 Å². The SMILES string of the molecule is O=S(=O)(c1ccc(NC[C@@H]2COc3ccccc3C2)nc1)N1CCCCC1. The Bertz CT molecular complexity index is 878. The number of para-hydroxylation sites is 1. The van der Waals surface area contributed by atoms with Gasteiger partial charge in [-0.1, -0.05) is 24.6 Å². The van der Waals surface area contributed by atoms with Gasteiger partial charge in [0, 0.05) is 31.7 Å². The van der Waals surface area contributed by atoms with Crippen LogP contribution in [-0.4, -0.2) is 43.9 Å². The van der Waals surface area contributed by atoms with Gasteiger partial charge >= 0.3 is 0 Å². The number of aromatic nitrogens is 1. The third-order valence-electron chi connectivity index (χ3n) is 5.22. The van der Waals surface area contributed by atoms with E-state index in [1.165, 1.54) is 11.8 Å². The van der Waals surface area contributed by atoms with Gasteiger partial charge in [0.25, 0.3) is 0 Å². The zero-order chi connectivity index (χ0) is 18.7. The molecule has 144 valence electrons. The Labute approximate surface area is 160 Å². The predicted octanol–water partition coefficient (Wildman–Crippen LogP) is 2.92. The van der Waals surface area contributed by atoms with Gasteiger partial charge in [-0.3, -0.25) is 0 Å². The van der Waals surface area contributed by atoms with Gasteiger partial charge in [-0.05, 0) is 43.0 Å². The summed E-state index contributed by atoms with van der Waals surface area (Å²) >= 11 is 0. The van der Waals surface area contributed by atoms with Crippen molar-refractivity contribution >= 4 is 15.8 Å². The first-order valence-corrected chi connectivity index (χ1v) is 11.0. The van der Waals surface area contributed by atoms with E-state index in [-0.39, 0.29) is 4.90 Å². The fourth-order valence-electron chi connectivity index (χ4n) is 3.66. The molecule has 4 rings (SSSR count). The Morgan fingerprint density at radius 3 is 2.70 bits per heavy atom. The van der Waals surface area contributed by atoms with E-state index >= 15 is 0 Å². The van der Waals surface area contributed by atoms with Crippen molar-refractivity contribution in [2.45, 2.75) is 30.6 Å². The molecule has 0 aliphatic carbocycles. The summed E-state index contributed by atoms with van der Waals surface area (Å²) in [6, 6.07) is 11.5. The molecular formula is C20H25N3O3S. The quantitative estimate of drug-likeness (QED) is 0.854. The Balaban J connectivity index is 1.36. The Hall–Kier alpha value is -2.12. The third kappa shape index (κ3) is 4.09.